The molecule has 1 heterocycles. The van der Waals surface area contributed by atoms with Crippen LogP contribution < -0.4 is 16.6 Å². The summed E-state index contributed by atoms with van der Waals surface area (Å²) in [5, 5.41) is 9.80. The molecule has 1 atom stereocenters. The first-order chi connectivity index (χ1) is 7.27. The minimum atomic E-state index is 0.121. The highest BCUT2D eigenvalue weighted by molar-refractivity contribution is 5.79. The molecular formula is C9H18N6. The Morgan fingerprint density at radius 2 is 2.53 bits per heavy atom. The Labute approximate surface area is 89.3 Å². The SMILES string of the molecule is CCCN=C(NN)NC(C)c1cn[nH]c1. The normalized spacial score (nSPS) is 13.7. The third kappa shape index (κ3) is 3.59. The molecule has 0 fully saturated rings. The highest BCUT2D eigenvalue weighted by Crippen LogP contribution is 2.08. The maximum absolute atomic E-state index is 5.35. The van der Waals surface area contributed by atoms with Gasteiger partial charge in [-0.05, 0) is 13.3 Å². The molecule has 0 aliphatic carbocycles. The van der Waals surface area contributed by atoms with Gasteiger partial charge in [-0.25, -0.2) is 5.84 Å². The van der Waals surface area contributed by atoms with Gasteiger partial charge < -0.3 is 5.32 Å². The fraction of sp³-hybridized carbons (Fsp3) is 0.556. The van der Waals surface area contributed by atoms with E-state index in [0.717, 1.165) is 18.5 Å². The van der Waals surface area contributed by atoms with E-state index in [0.29, 0.717) is 5.96 Å². The van der Waals surface area contributed by atoms with E-state index in [-0.39, 0.29) is 6.04 Å². The van der Waals surface area contributed by atoms with Crippen LogP contribution in [0.25, 0.3) is 0 Å². The number of aromatic nitrogens is 2. The molecule has 0 amide bonds. The zero-order valence-corrected chi connectivity index (χ0v) is 9.12. The molecule has 6 nitrogen and oxygen atoms in total. The predicted octanol–water partition coefficient (Wildman–Crippen LogP) is 0.290. The third-order valence-electron chi connectivity index (χ3n) is 2.00. The summed E-state index contributed by atoms with van der Waals surface area (Å²) >= 11 is 0. The first-order valence-corrected chi connectivity index (χ1v) is 5.04. The first-order valence-electron chi connectivity index (χ1n) is 5.04. The summed E-state index contributed by atoms with van der Waals surface area (Å²) in [7, 11) is 0. The lowest BCUT2D eigenvalue weighted by Gasteiger charge is -2.14. The van der Waals surface area contributed by atoms with Crippen molar-refractivity contribution in [3.8, 4) is 0 Å². The molecule has 0 aliphatic rings. The highest BCUT2D eigenvalue weighted by atomic mass is 15.3. The average Bonchev–Trinajstić information content (AvgIpc) is 2.77. The average molecular weight is 210 g/mol. The summed E-state index contributed by atoms with van der Waals surface area (Å²) in [5.74, 6) is 5.95. The van der Waals surface area contributed by atoms with Crippen molar-refractivity contribution in [2.75, 3.05) is 6.54 Å². The quantitative estimate of drug-likeness (QED) is 0.249. The van der Waals surface area contributed by atoms with Crippen LogP contribution in [-0.2, 0) is 0 Å². The van der Waals surface area contributed by atoms with Crippen molar-refractivity contribution in [1.29, 1.82) is 0 Å². The molecule has 0 radical (unpaired) electrons. The van der Waals surface area contributed by atoms with E-state index in [9.17, 15) is 0 Å². The number of rotatable bonds is 4. The van der Waals surface area contributed by atoms with E-state index >= 15 is 0 Å². The van der Waals surface area contributed by atoms with Gasteiger partial charge in [0, 0.05) is 18.3 Å². The van der Waals surface area contributed by atoms with Crippen LogP contribution in [0, 0.1) is 0 Å². The Balaban J connectivity index is 2.52. The van der Waals surface area contributed by atoms with Gasteiger partial charge in [0.15, 0.2) is 0 Å². The molecule has 1 aromatic heterocycles. The van der Waals surface area contributed by atoms with Gasteiger partial charge in [-0.3, -0.25) is 15.5 Å². The van der Waals surface area contributed by atoms with E-state index in [2.05, 4.69) is 32.9 Å². The van der Waals surface area contributed by atoms with Crippen LogP contribution in [0.5, 0.6) is 0 Å². The standard InChI is InChI=1S/C9H18N6/c1-3-4-11-9(15-10)14-7(2)8-5-12-13-6-8/h5-7H,3-4,10H2,1-2H3,(H,12,13)(H2,11,14,15). The lowest BCUT2D eigenvalue weighted by atomic mass is 10.2. The minimum Gasteiger partial charge on any atom is -0.349 e. The molecule has 0 saturated heterocycles. The van der Waals surface area contributed by atoms with Gasteiger partial charge in [0.25, 0.3) is 0 Å². The Morgan fingerprint density at radius 3 is 3.07 bits per heavy atom. The largest absolute Gasteiger partial charge is 0.349 e. The second kappa shape index (κ2) is 6.02. The van der Waals surface area contributed by atoms with Gasteiger partial charge >= 0.3 is 0 Å². The highest BCUT2D eigenvalue weighted by Gasteiger charge is 2.07. The lowest BCUT2D eigenvalue weighted by Crippen LogP contribution is -2.42. The molecule has 84 valence electrons. The van der Waals surface area contributed by atoms with E-state index in [1.807, 2.05) is 13.1 Å². The number of aromatic amines is 1. The number of guanidine groups is 1. The van der Waals surface area contributed by atoms with Crippen molar-refractivity contribution < 1.29 is 0 Å². The summed E-state index contributed by atoms with van der Waals surface area (Å²) < 4.78 is 0. The monoisotopic (exact) mass is 210 g/mol. The van der Waals surface area contributed by atoms with E-state index in [1.165, 1.54) is 0 Å². The summed E-state index contributed by atoms with van der Waals surface area (Å²) in [6, 6.07) is 0.121. The Hall–Kier alpha value is -1.56. The second-order valence-corrected chi connectivity index (χ2v) is 3.27. The minimum absolute atomic E-state index is 0.121. The third-order valence-corrected chi connectivity index (χ3v) is 2.00. The molecule has 0 bridgehead atoms. The van der Waals surface area contributed by atoms with E-state index in [1.54, 1.807) is 6.20 Å². The molecular weight excluding hydrogens is 192 g/mol. The summed E-state index contributed by atoms with van der Waals surface area (Å²) in [6.07, 6.45) is 4.60. The number of hydrazine groups is 1. The second-order valence-electron chi connectivity index (χ2n) is 3.27. The number of nitrogens with zero attached hydrogens (tertiary/aromatic N) is 2. The zero-order chi connectivity index (χ0) is 11.1. The fourth-order valence-electron chi connectivity index (χ4n) is 1.14. The van der Waals surface area contributed by atoms with Crippen molar-refractivity contribution >= 4 is 5.96 Å². The van der Waals surface area contributed by atoms with Crippen molar-refractivity contribution in [2.45, 2.75) is 26.3 Å². The molecule has 1 unspecified atom stereocenters. The van der Waals surface area contributed by atoms with Crippen molar-refractivity contribution in [1.82, 2.24) is 20.9 Å². The molecule has 0 aromatic carbocycles. The van der Waals surface area contributed by atoms with Crippen LogP contribution in [0.4, 0.5) is 0 Å². The van der Waals surface area contributed by atoms with Crippen LogP contribution in [0.2, 0.25) is 0 Å². The summed E-state index contributed by atoms with van der Waals surface area (Å²) in [4.78, 5) is 4.25. The molecule has 0 aliphatic heterocycles. The lowest BCUT2D eigenvalue weighted by molar-refractivity contribution is 0.687. The fourth-order valence-corrected chi connectivity index (χ4v) is 1.14. The van der Waals surface area contributed by atoms with Crippen LogP contribution in [0.3, 0.4) is 0 Å². The van der Waals surface area contributed by atoms with Crippen LogP contribution >= 0.6 is 0 Å². The molecule has 1 rings (SSSR count). The van der Waals surface area contributed by atoms with Gasteiger partial charge in [-0.2, -0.15) is 5.10 Å². The number of nitrogens with two attached hydrogens (primary N) is 1. The number of hydrogen-bond donors (Lipinski definition) is 4. The van der Waals surface area contributed by atoms with E-state index in [4.69, 9.17) is 5.84 Å². The predicted molar refractivity (Wildman–Crippen MR) is 60.1 cm³/mol. The number of H-pyrrole nitrogens is 1. The number of nitrogens with one attached hydrogen (secondary N) is 3. The molecule has 1 aromatic rings. The zero-order valence-electron chi connectivity index (χ0n) is 9.12. The Morgan fingerprint density at radius 1 is 1.73 bits per heavy atom. The molecule has 5 N–H and O–H groups in total. The maximum atomic E-state index is 5.35. The van der Waals surface area contributed by atoms with Crippen LogP contribution in [0.15, 0.2) is 17.4 Å². The summed E-state index contributed by atoms with van der Waals surface area (Å²) in [6.45, 7) is 4.84. The van der Waals surface area contributed by atoms with Crippen molar-refractivity contribution in [3.63, 3.8) is 0 Å². The van der Waals surface area contributed by atoms with Crippen LogP contribution in [-0.4, -0.2) is 22.7 Å². The van der Waals surface area contributed by atoms with E-state index < -0.39 is 0 Å². The first kappa shape index (κ1) is 11.5. The number of hydrogen-bond acceptors (Lipinski definition) is 3. The van der Waals surface area contributed by atoms with Gasteiger partial charge in [0.1, 0.15) is 0 Å². The topological polar surface area (TPSA) is 91.1 Å². The van der Waals surface area contributed by atoms with Gasteiger partial charge in [-0.1, -0.05) is 6.92 Å². The van der Waals surface area contributed by atoms with Gasteiger partial charge in [-0.15, -0.1) is 0 Å². The maximum Gasteiger partial charge on any atom is 0.206 e. The molecule has 6 heteroatoms. The smallest absolute Gasteiger partial charge is 0.206 e. The molecule has 15 heavy (non-hydrogen) atoms. The van der Waals surface area contributed by atoms with Crippen LogP contribution in [0.1, 0.15) is 31.9 Å². The van der Waals surface area contributed by atoms with Gasteiger partial charge in [0.2, 0.25) is 5.96 Å². The Bertz CT molecular complexity index is 292. The van der Waals surface area contributed by atoms with Crippen molar-refractivity contribution in [2.24, 2.45) is 10.8 Å². The summed E-state index contributed by atoms with van der Waals surface area (Å²) in [5.41, 5.74) is 3.60. The van der Waals surface area contributed by atoms with Crippen molar-refractivity contribution in [3.05, 3.63) is 18.0 Å². The molecule has 0 saturated carbocycles. The number of aliphatic imine (C=N–C) groups is 1. The molecule has 0 spiro atoms. The Kier molecular flexibility index (Phi) is 4.62. The van der Waals surface area contributed by atoms with Gasteiger partial charge in [0.05, 0.1) is 12.2 Å².